The van der Waals surface area contributed by atoms with Crippen LogP contribution < -0.4 is 5.32 Å². The fourth-order valence-corrected chi connectivity index (χ4v) is 5.15. The minimum absolute atomic E-state index is 0.0434. The minimum Gasteiger partial charge on any atom is -0.459 e. The van der Waals surface area contributed by atoms with Gasteiger partial charge in [-0.25, -0.2) is 0 Å². The second-order valence-electron chi connectivity index (χ2n) is 6.23. The highest BCUT2D eigenvalue weighted by Crippen LogP contribution is 2.37. The number of carbonyl (C=O) groups is 2. The highest BCUT2D eigenvalue weighted by Gasteiger charge is 2.32. The van der Waals surface area contributed by atoms with Gasteiger partial charge < -0.3 is 14.6 Å². The van der Waals surface area contributed by atoms with Crippen LogP contribution in [0.2, 0.25) is 0 Å². The maximum Gasteiger partial charge on any atom is 0.291 e. The van der Waals surface area contributed by atoms with Crippen molar-refractivity contribution in [2.24, 2.45) is 0 Å². The van der Waals surface area contributed by atoms with E-state index in [1.807, 2.05) is 24.0 Å². The number of furan rings is 1. The average Bonchev–Trinajstić information content (AvgIpc) is 3.40. The first kappa shape index (κ1) is 17.1. The molecule has 3 aromatic rings. The summed E-state index contributed by atoms with van der Waals surface area (Å²) in [5.41, 5.74) is 0.881. The Morgan fingerprint density at radius 2 is 2.19 bits per heavy atom. The van der Waals surface area contributed by atoms with Crippen LogP contribution in [0.3, 0.4) is 0 Å². The van der Waals surface area contributed by atoms with E-state index in [-0.39, 0.29) is 23.6 Å². The van der Waals surface area contributed by atoms with Crippen LogP contribution in [-0.4, -0.2) is 23.3 Å². The lowest BCUT2D eigenvalue weighted by Gasteiger charge is -2.23. The van der Waals surface area contributed by atoms with Crippen molar-refractivity contribution in [2.75, 3.05) is 11.9 Å². The molecular formula is C19H18N2O3S2. The number of hydrogen-bond acceptors (Lipinski definition) is 5. The van der Waals surface area contributed by atoms with Crippen molar-refractivity contribution in [3.05, 3.63) is 63.1 Å². The van der Waals surface area contributed by atoms with Gasteiger partial charge in [0.25, 0.3) is 11.8 Å². The van der Waals surface area contributed by atoms with E-state index >= 15 is 0 Å². The van der Waals surface area contributed by atoms with Gasteiger partial charge in [0.2, 0.25) is 0 Å². The standard InChI is InChI=1S/C19H18N2O3S2/c1-12-11-16(20-18(22)14-6-3-9-24-14)26-17(12)19(23)21-8-2-5-13(21)15-7-4-10-25-15/h3-4,6-7,9-11,13H,2,5,8H2,1H3,(H,20,22)/t13-/m0/s1. The van der Waals surface area contributed by atoms with E-state index in [0.29, 0.717) is 9.88 Å². The Kier molecular flexibility index (Phi) is 4.65. The third-order valence-electron chi connectivity index (χ3n) is 4.48. The molecule has 134 valence electrons. The van der Waals surface area contributed by atoms with Gasteiger partial charge in [0.05, 0.1) is 22.2 Å². The van der Waals surface area contributed by atoms with Crippen LogP contribution in [0.4, 0.5) is 5.00 Å². The van der Waals surface area contributed by atoms with Crippen LogP contribution in [0.1, 0.15) is 49.6 Å². The molecule has 1 atom stereocenters. The summed E-state index contributed by atoms with van der Waals surface area (Å²) in [6.07, 6.45) is 3.47. The van der Waals surface area contributed by atoms with Crippen LogP contribution >= 0.6 is 22.7 Å². The lowest BCUT2D eigenvalue weighted by atomic mass is 10.2. The van der Waals surface area contributed by atoms with Crippen molar-refractivity contribution in [3.63, 3.8) is 0 Å². The lowest BCUT2D eigenvalue weighted by Crippen LogP contribution is -2.29. The molecule has 0 bridgehead atoms. The monoisotopic (exact) mass is 386 g/mol. The van der Waals surface area contributed by atoms with Gasteiger partial charge in [-0.1, -0.05) is 6.07 Å². The van der Waals surface area contributed by atoms with E-state index in [1.54, 1.807) is 23.5 Å². The predicted octanol–water partition coefficient (Wildman–Crippen LogP) is 4.94. The van der Waals surface area contributed by atoms with Crippen molar-refractivity contribution < 1.29 is 14.0 Å². The van der Waals surface area contributed by atoms with Gasteiger partial charge in [-0.15, -0.1) is 22.7 Å². The number of rotatable bonds is 4. The molecule has 7 heteroatoms. The van der Waals surface area contributed by atoms with Gasteiger partial charge in [0.15, 0.2) is 5.76 Å². The third-order valence-corrected chi connectivity index (χ3v) is 6.59. The molecule has 26 heavy (non-hydrogen) atoms. The van der Waals surface area contributed by atoms with Crippen molar-refractivity contribution in [3.8, 4) is 0 Å². The van der Waals surface area contributed by atoms with Gasteiger partial charge in [-0.3, -0.25) is 9.59 Å². The zero-order chi connectivity index (χ0) is 18.1. The molecule has 0 aromatic carbocycles. The van der Waals surface area contributed by atoms with Crippen molar-refractivity contribution in [2.45, 2.75) is 25.8 Å². The number of likely N-dealkylation sites (tertiary alicyclic amines) is 1. The lowest BCUT2D eigenvalue weighted by molar-refractivity contribution is 0.0742. The second kappa shape index (κ2) is 7.09. The molecule has 0 saturated carbocycles. The molecule has 0 unspecified atom stereocenters. The smallest absolute Gasteiger partial charge is 0.291 e. The van der Waals surface area contributed by atoms with E-state index in [1.165, 1.54) is 22.5 Å². The topological polar surface area (TPSA) is 62.6 Å². The second-order valence-corrected chi connectivity index (χ2v) is 8.26. The number of thiophene rings is 2. The maximum atomic E-state index is 13.1. The molecule has 0 aliphatic carbocycles. The number of aryl methyl sites for hydroxylation is 1. The zero-order valence-electron chi connectivity index (χ0n) is 14.2. The molecule has 4 rings (SSSR count). The number of anilines is 1. The molecule has 2 amide bonds. The summed E-state index contributed by atoms with van der Waals surface area (Å²) in [5.74, 6) is -0.0176. The Bertz CT molecular complexity index is 913. The highest BCUT2D eigenvalue weighted by molar-refractivity contribution is 7.18. The fraction of sp³-hybridized carbons (Fsp3) is 0.263. The molecule has 1 aliphatic heterocycles. The Morgan fingerprint density at radius 1 is 1.31 bits per heavy atom. The van der Waals surface area contributed by atoms with Crippen LogP contribution in [-0.2, 0) is 0 Å². The van der Waals surface area contributed by atoms with Crippen LogP contribution in [0.25, 0.3) is 0 Å². The van der Waals surface area contributed by atoms with Gasteiger partial charge in [0.1, 0.15) is 0 Å². The van der Waals surface area contributed by atoms with Crippen molar-refractivity contribution in [1.82, 2.24) is 4.90 Å². The summed E-state index contributed by atoms with van der Waals surface area (Å²) in [7, 11) is 0. The summed E-state index contributed by atoms with van der Waals surface area (Å²) in [4.78, 5) is 29.1. The number of hydrogen-bond donors (Lipinski definition) is 1. The quantitative estimate of drug-likeness (QED) is 0.691. The summed E-state index contributed by atoms with van der Waals surface area (Å²) >= 11 is 3.01. The molecule has 0 spiro atoms. The first-order valence-corrected chi connectivity index (χ1v) is 10.1. The maximum absolute atomic E-state index is 13.1. The first-order chi connectivity index (χ1) is 12.6. The molecular weight excluding hydrogens is 368 g/mol. The minimum atomic E-state index is -0.312. The molecule has 1 saturated heterocycles. The Hall–Kier alpha value is -2.38. The van der Waals surface area contributed by atoms with E-state index < -0.39 is 0 Å². The predicted molar refractivity (Wildman–Crippen MR) is 103 cm³/mol. The molecule has 5 nitrogen and oxygen atoms in total. The SMILES string of the molecule is Cc1cc(NC(=O)c2ccco2)sc1C(=O)N1CCC[C@H]1c1cccs1. The third kappa shape index (κ3) is 3.20. The molecule has 1 N–H and O–H groups in total. The molecule has 4 heterocycles. The van der Waals surface area contributed by atoms with Crippen LogP contribution in [0.5, 0.6) is 0 Å². The first-order valence-electron chi connectivity index (χ1n) is 8.43. The van der Waals surface area contributed by atoms with Gasteiger partial charge in [-0.2, -0.15) is 0 Å². The number of carbonyl (C=O) groups excluding carboxylic acids is 2. The number of nitrogens with one attached hydrogen (secondary N) is 1. The summed E-state index contributed by atoms with van der Waals surface area (Å²) in [6.45, 7) is 2.68. The van der Waals surface area contributed by atoms with E-state index in [2.05, 4.69) is 16.8 Å². The van der Waals surface area contributed by atoms with Gasteiger partial charge >= 0.3 is 0 Å². The highest BCUT2D eigenvalue weighted by atomic mass is 32.1. The number of nitrogens with zero attached hydrogens (tertiary/aromatic N) is 1. The van der Waals surface area contributed by atoms with E-state index in [4.69, 9.17) is 4.42 Å². The zero-order valence-corrected chi connectivity index (χ0v) is 15.9. The normalized spacial score (nSPS) is 16.8. The summed E-state index contributed by atoms with van der Waals surface area (Å²) in [5, 5.41) is 5.51. The van der Waals surface area contributed by atoms with Crippen molar-refractivity contribution in [1.29, 1.82) is 0 Å². The Balaban J connectivity index is 1.53. The van der Waals surface area contributed by atoms with Crippen LogP contribution in [0.15, 0.2) is 46.4 Å². The molecule has 1 aliphatic rings. The molecule has 3 aromatic heterocycles. The van der Waals surface area contributed by atoms with E-state index in [9.17, 15) is 9.59 Å². The number of amides is 2. The summed E-state index contributed by atoms with van der Waals surface area (Å²) < 4.78 is 5.11. The molecule has 1 fully saturated rings. The van der Waals surface area contributed by atoms with Gasteiger partial charge in [0, 0.05) is 11.4 Å². The largest absolute Gasteiger partial charge is 0.459 e. The van der Waals surface area contributed by atoms with E-state index in [0.717, 1.165) is 24.9 Å². The van der Waals surface area contributed by atoms with Gasteiger partial charge in [-0.05, 0) is 55.0 Å². The average molecular weight is 386 g/mol. The summed E-state index contributed by atoms with van der Waals surface area (Å²) in [6, 6.07) is 9.40. The molecule has 0 radical (unpaired) electrons. The van der Waals surface area contributed by atoms with Crippen molar-refractivity contribution >= 4 is 39.5 Å². The Labute approximate surface area is 159 Å². The Morgan fingerprint density at radius 3 is 2.92 bits per heavy atom. The fourth-order valence-electron chi connectivity index (χ4n) is 3.25. The van der Waals surface area contributed by atoms with Crippen LogP contribution in [0, 0.1) is 6.92 Å².